The van der Waals surface area contributed by atoms with E-state index >= 15 is 0 Å². The van der Waals surface area contributed by atoms with E-state index in [0.717, 1.165) is 24.8 Å². The van der Waals surface area contributed by atoms with Crippen molar-refractivity contribution in [2.45, 2.75) is 127 Å². The molecule has 3 aromatic rings. The number of carboxylic acid groups (broad SMARTS) is 3. The first-order valence-electron chi connectivity index (χ1n) is 24.2. The van der Waals surface area contributed by atoms with E-state index in [9.17, 15) is 102 Å². The van der Waals surface area contributed by atoms with Gasteiger partial charge in [-0.3, -0.25) is 47.6 Å². The first kappa shape index (κ1) is 67.6. The molecule has 4 amide bonds. The summed E-state index contributed by atoms with van der Waals surface area (Å²) < 4.78 is 73.3. The van der Waals surface area contributed by atoms with E-state index in [1.807, 2.05) is 5.09 Å². The summed E-state index contributed by atoms with van der Waals surface area (Å²) in [7, 11) is -21.9. The Labute approximate surface area is 458 Å². The lowest BCUT2D eigenvalue weighted by molar-refractivity contribution is -0.144. The number of anilines is 1. The van der Waals surface area contributed by atoms with Crippen LogP contribution in [-0.4, -0.2) is 167 Å². The molecular formula is C41H62N10O26P4. The van der Waals surface area contributed by atoms with E-state index in [1.54, 1.807) is 6.92 Å². The number of phosphoric ester groups is 2. The van der Waals surface area contributed by atoms with Gasteiger partial charge in [-0.25, -0.2) is 43.1 Å². The number of unbranched alkanes of at least 4 members (excludes halogenated alkanes) is 2. The predicted octanol–water partition coefficient (Wildman–Crippen LogP) is -0.958. The number of nitrogens with two attached hydrogens (primary N) is 1. The summed E-state index contributed by atoms with van der Waals surface area (Å²) >= 11 is 0. The highest BCUT2D eigenvalue weighted by molar-refractivity contribution is 7.67. The maximum atomic E-state index is 14.0. The number of rotatable bonds is 35. The minimum absolute atomic E-state index is 0.0121. The molecule has 40 heteroatoms. The molecule has 1 fully saturated rings. The van der Waals surface area contributed by atoms with Gasteiger partial charge >= 0.3 is 49.1 Å². The van der Waals surface area contributed by atoms with Gasteiger partial charge in [-0.2, -0.15) is 8.62 Å². The quantitative estimate of drug-likeness (QED) is 0.0249. The lowest BCUT2D eigenvalue weighted by atomic mass is 9.98. The molecule has 1 saturated heterocycles. The number of carboxylic acids is 3. The molecule has 17 N–H and O–H groups in total. The molecule has 0 bridgehead atoms. The van der Waals surface area contributed by atoms with Crippen LogP contribution in [0.4, 0.5) is 5.82 Å². The van der Waals surface area contributed by atoms with Crippen molar-refractivity contribution >= 4 is 89.7 Å². The van der Waals surface area contributed by atoms with Crippen molar-refractivity contribution < 1.29 is 124 Å². The second kappa shape index (κ2) is 29.9. The van der Waals surface area contributed by atoms with Gasteiger partial charge in [-0.15, -0.1) is 0 Å². The first-order chi connectivity index (χ1) is 37.7. The number of nitrogen functional groups attached to an aromatic ring is 1. The minimum Gasteiger partial charge on any atom is -0.481 e. The molecule has 36 nitrogen and oxygen atoms in total. The highest BCUT2D eigenvalue weighted by Crippen LogP contribution is 2.66. The number of benzene rings is 1. The molecule has 12 atom stereocenters. The molecule has 1 aliphatic heterocycles. The Morgan fingerprint density at radius 1 is 0.741 bits per heavy atom. The van der Waals surface area contributed by atoms with Crippen LogP contribution in [0.15, 0.2) is 36.9 Å². The molecule has 0 spiro atoms. The molecule has 81 heavy (non-hydrogen) atoms. The molecule has 2 aromatic heterocycles. The Hall–Kier alpha value is -5.90. The lowest BCUT2D eigenvalue weighted by Gasteiger charge is -2.27. The largest absolute Gasteiger partial charge is 0.524 e. The molecule has 0 saturated carbocycles. The number of aliphatic hydroxyl groups excluding tert-OH is 2. The highest BCUT2D eigenvalue weighted by Gasteiger charge is 2.47. The standard InChI is InChI=1S/C41H62N10O26P4/c1-3-21(2)31(41(62)63)50-38(60)25(13-15-30(55)56)48-37(59)24(12-14-29(53)54)49-39(61)26(17-22-8-10-23(11-9-22)75-79(66,67)68)47-28(52)7-5-4-6-16-46-78(64,65)76-81(71,72)77-80(69,70)73-18-27-33(57)34(58)40(74-27)51-20-45-32-35(42)43-19-44-36(32)51/h8-11,19-21,24-27,31,33-34,40,57-58H,3-7,12-18H2,1-2H3,(H,47,52)(H,48,59)(H,49,61)(H,50,60)(H,53,54)(H,55,56)(H,62,63)(H,69,70)(H,71,72)(H2,42,43,44)(H2,46,64,65)(H2,66,67,68)/t21-,24-,25-,26-,27+,31-,33+,34+,40+/m0/s1. The number of nitrogens with zero attached hydrogens (tertiary/aromatic N) is 4. The molecule has 3 heterocycles. The first-order valence-corrected chi connectivity index (χ1v) is 30.3. The van der Waals surface area contributed by atoms with Crippen LogP contribution in [0.3, 0.4) is 0 Å². The van der Waals surface area contributed by atoms with E-state index in [2.05, 4.69) is 53.9 Å². The fourth-order valence-corrected chi connectivity index (χ4v) is 11.7. The monoisotopic (exact) mass is 1230 g/mol. The van der Waals surface area contributed by atoms with Gasteiger partial charge in [0.2, 0.25) is 23.6 Å². The van der Waals surface area contributed by atoms with Crippen molar-refractivity contribution in [2.75, 3.05) is 18.9 Å². The maximum absolute atomic E-state index is 14.0. The van der Waals surface area contributed by atoms with Crippen LogP contribution in [0.1, 0.15) is 83.4 Å². The van der Waals surface area contributed by atoms with E-state index in [-0.39, 0.29) is 60.4 Å². The Morgan fingerprint density at radius 2 is 1.33 bits per heavy atom. The maximum Gasteiger partial charge on any atom is 0.524 e. The van der Waals surface area contributed by atoms with Gasteiger partial charge in [0.15, 0.2) is 17.7 Å². The third kappa shape index (κ3) is 22.1. The topological polar surface area (TPSA) is 566 Å². The summed E-state index contributed by atoms with van der Waals surface area (Å²) in [6.07, 6.45) is -7.36. The zero-order valence-electron chi connectivity index (χ0n) is 42.8. The van der Waals surface area contributed by atoms with Gasteiger partial charge in [-0.1, -0.05) is 38.8 Å². The molecule has 1 aromatic carbocycles. The van der Waals surface area contributed by atoms with Gasteiger partial charge in [-0.05, 0) is 49.3 Å². The second-order valence-electron chi connectivity index (χ2n) is 18.0. The van der Waals surface area contributed by atoms with Crippen LogP contribution in [0.5, 0.6) is 5.75 Å². The van der Waals surface area contributed by atoms with E-state index in [1.165, 1.54) is 23.6 Å². The number of nitrogens with one attached hydrogen (secondary N) is 5. The van der Waals surface area contributed by atoms with Crippen LogP contribution in [0.25, 0.3) is 11.2 Å². The summed E-state index contributed by atoms with van der Waals surface area (Å²) in [5, 5.41) is 60.8. The number of hydrogen-bond acceptors (Lipinski definition) is 22. The molecular weight excluding hydrogens is 1170 g/mol. The summed E-state index contributed by atoms with van der Waals surface area (Å²) in [4.78, 5) is 150. The number of ether oxygens (including phenoxy) is 1. The third-order valence-electron chi connectivity index (χ3n) is 11.8. The summed E-state index contributed by atoms with van der Waals surface area (Å²) in [5.74, 6) is -9.45. The van der Waals surface area contributed by atoms with Crippen LogP contribution < -0.4 is 36.6 Å². The van der Waals surface area contributed by atoms with E-state index in [0.29, 0.717) is 0 Å². The van der Waals surface area contributed by atoms with Crippen LogP contribution in [0.2, 0.25) is 0 Å². The number of phosphoric acid groups is 3. The fourth-order valence-electron chi connectivity index (χ4n) is 7.56. The predicted molar refractivity (Wildman–Crippen MR) is 271 cm³/mol. The number of amides is 4. The smallest absolute Gasteiger partial charge is 0.481 e. The third-order valence-corrected chi connectivity index (χ3v) is 16.7. The van der Waals surface area contributed by atoms with Crippen LogP contribution in [0, 0.1) is 5.92 Å². The number of carbonyl (C=O) groups excluding carboxylic acids is 4. The van der Waals surface area contributed by atoms with Crippen molar-refractivity contribution in [3.05, 3.63) is 42.5 Å². The van der Waals surface area contributed by atoms with Gasteiger partial charge in [0, 0.05) is 32.2 Å². The summed E-state index contributed by atoms with van der Waals surface area (Å²) in [5.41, 5.74) is 6.19. The molecule has 0 radical (unpaired) electrons. The van der Waals surface area contributed by atoms with Crippen molar-refractivity contribution in [3.63, 3.8) is 0 Å². The van der Waals surface area contributed by atoms with E-state index < -0.39 is 173 Å². The van der Waals surface area contributed by atoms with Crippen molar-refractivity contribution in [1.82, 2.24) is 45.9 Å². The normalized spacial score (nSPS) is 20.5. The molecule has 0 aliphatic carbocycles. The van der Waals surface area contributed by atoms with Crippen molar-refractivity contribution in [1.29, 1.82) is 0 Å². The minimum atomic E-state index is -5.92. The fraction of sp³-hybridized carbons (Fsp3) is 0.561. The second-order valence-corrected chi connectivity index (χ2v) is 24.0. The highest BCUT2D eigenvalue weighted by atomic mass is 31.3. The number of carbonyl (C=O) groups is 7. The molecule has 3 unspecified atom stereocenters. The number of aromatic nitrogens is 4. The van der Waals surface area contributed by atoms with Gasteiger partial charge in [0.25, 0.3) is 0 Å². The number of imidazole rings is 1. The zero-order chi connectivity index (χ0) is 60.6. The molecule has 1 aliphatic rings. The number of hydrogen-bond donors (Lipinski definition) is 16. The van der Waals surface area contributed by atoms with E-state index in [4.69, 9.17) is 10.5 Å². The average Bonchev–Trinajstić information content (AvgIpc) is 3.91. The average molecular weight is 1230 g/mol. The van der Waals surface area contributed by atoms with Gasteiger partial charge in [0.1, 0.15) is 60.1 Å². The number of aliphatic carboxylic acids is 3. The van der Waals surface area contributed by atoms with Gasteiger partial charge in [0.05, 0.1) is 12.9 Å². The molecule has 4 rings (SSSR count). The Balaban J connectivity index is 1.35. The number of fused-ring (bicyclic) bond motifs is 1. The number of aliphatic hydroxyl groups is 2. The molecule has 452 valence electrons. The summed E-state index contributed by atoms with van der Waals surface area (Å²) in [6, 6.07) is -1.81. The van der Waals surface area contributed by atoms with Crippen molar-refractivity contribution in [2.24, 2.45) is 5.92 Å². The lowest BCUT2D eigenvalue weighted by Crippen LogP contribution is -2.58. The Morgan fingerprint density at radius 3 is 1.90 bits per heavy atom. The summed E-state index contributed by atoms with van der Waals surface area (Å²) in [6.45, 7) is 1.64. The van der Waals surface area contributed by atoms with Crippen LogP contribution >= 0.6 is 31.2 Å². The Bertz CT molecular complexity index is 2910. The Kier molecular flexibility index (Phi) is 24.9. The zero-order valence-corrected chi connectivity index (χ0v) is 46.4. The SMILES string of the molecule is CC[C@H](C)[C@H](NC(=O)[C@H](CCC(=O)O)NC(=O)[C@H](CCC(=O)O)NC(=O)[C@H](Cc1ccc(OP(=O)(O)O)cc1)NC(=O)CCCCCNP(=O)(O)OP(=O)(O)OP(=O)(O)OC[C@H]1O[C@@H](n2cnc3c(N)ncnc32)[C@H](O)[C@@H]1O)C(=O)O. The van der Waals surface area contributed by atoms with Gasteiger partial charge < -0.3 is 76.5 Å². The van der Waals surface area contributed by atoms with Crippen molar-refractivity contribution in [3.8, 4) is 5.75 Å². The van der Waals surface area contributed by atoms with Crippen LogP contribution in [-0.2, 0) is 76.1 Å².